The van der Waals surface area contributed by atoms with Crippen molar-refractivity contribution in [2.24, 2.45) is 0 Å². The molecule has 0 atom stereocenters. The fraction of sp³-hybridized carbons (Fsp3) is 0.0625. The highest BCUT2D eigenvalue weighted by molar-refractivity contribution is 5.93. The maximum atomic E-state index is 13.0. The SMILES string of the molecule is C#Cc1cccc(NCC(=O)Nc2ccc(F)c(F)c2)c1. The number of terminal acetylenes is 1. The van der Waals surface area contributed by atoms with Crippen LogP contribution >= 0.6 is 0 Å². The molecule has 3 nitrogen and oxygen atoms in total. The van der Waals surface area contributed by atoms with E-state index in [2.05, 4.69) is 16.6 Å². The Bertz CT molecular complexity index is 708. The summed E-state index contributed by atoms with van der Waals surface area (Å²) in [6.45, 7) is -0.0208. The van der Waals surface area contributed by atoms with Crippen molar-refractivity contribution in [2.45, 2.75) is 0 Å². The molecule has 0 unspecified atom stereocenters. The molecule has 0 aliphatic heterocycles. The van der Waals surface area contributed by atoms with Gasteiger partial charge in [-0.3, -0.25) is 4.79 Å². The molecule has 0 radical (unpaired) electrons. The van der Waals surface area contributed by atoms with Crippen molar-refractivity contribution in [1.29, 1.82) is 0 Å². The molecule has 2 rings (SSSR count). The first-order chi connectivity index (χ1) is 10.1. The molecule has 0 bridgehead atoms. The van der Waals surface area contributed by atoms with Crippen molar-refractivity contribution < 1.29 is 13.6 Å². The summed E-state index contributed by atoms with van der Waals surface area (Å²) in [5.74, 6) is 0.134. The second-order valence-electron chi connectivity index (χ2n) is 4.26. The number of amides is 1. The molecular weight excluding hydrogens is 274 g/mol. The van der Waals surface area contributed by atoms with Gasteiger partial charge >= 0.3 is 0 Å². The summed E-state index contributed by atoms with van der Waals surface area (Å²) < 4.78 is 25.8. The Labute approximate surface area is 121 Å². The summed E-state index contributed by atoms with van der Waals surface area (Å²) in [6.07, 6.45) is 5.28. The van der Waals surface area contributed by atoms with E-state index >= 15 is 0 Å². The van der Waals surface area contributed by atoms with Gasteiger partial charge in [0.05, 0.1) is 6.54 Å². The Kier molecular flexibility index (Phi) is 4.52. The van der Waals surface area contributed by atoms with Crippen molar-refractivity contribution in [3.05, 3.63) is 59.7 Å². The highest BCUT2D eigenvalue weighted by Gasteiger charge is 2.06. The lowest BCUT2D eigenvalue weighted by atomic mass is 10.2. The molecule has 0 saturated carbocycles. The van der Waals surface area contributed by atoms with E-state index in [4.69, 9.17) is 6.42 Å². The minimum Gasteiger partial charge on any atom is -0.376 e. The molecule has 0 aliphatic rings. The molecule has 5 heteroatoms. The van der Waals surface area contributed by atoms with Gasteiger partial charge in [0.2, 0.25) is 5.91 Å². The minimum atomic E-state index is -1.01. The van der Waals surface area contributed by atoms with Gasteiger partial charge in [-0.05, 0) is 30.3 Å². The van der Waals surface area contributed by atoms with Crippen LogP contribution < -0.4 is 10.6 Å². The minimum absolute atomic E-state index is 0.0208. The Morgan fingerprint density at radius 2 is 1.90 bits per heavy atom. The van der Waals surface area contributed by atoms with Crippen molar-refractivity contribution in [2.75, 3.05) is 17.2 Å². The number of carbonyl (C=O) groups excluding carboxylic acids is 1. The van der Waals surface area contributed by atoms with Gasteiger partial charge in [0.25, 0.3) is 0 Å². The fourth-order valence-corrected chi connectivity index (χ4v) is 1.68. The third-order valence-electron chi connectivity index (χ3n) is 2.69. The molecule has 106 valence electrons. The highest BCUT2D eigenvalue weighted by Crippen LogP contribution is 2.13. The predicted molar refractivity (Wildman–Crippen MR) is 77.9 cm³/mol. The monoisotopic (exact) mass is 286 g/mol. The van der Waals surface area contributed by atoms with Gasteiger partial charge in [-0.2, -0.15) is 0 Å². The smallest absolute Gasteiger partial charge is 0.243 e. The standard InChI is InChI=1S/C16H12F2N2O/c1-2-11-4-3-5-12(8-11)19-10-16(21)20-13-6-7-14(17)15(18)9-13/h1,3-9,19H,10H2,(H,20,21). The summed E-state index contributed by atoms with van der Waals surface area (Å²) in [4.78, 5) is 11.7. The van der Waals surface area contributed by atoms with Crippen molar-refractivity contribution >= 4 is 17.3 Å². The van der Waals surface area contributed by atoms with E-state index in [1.54, 1.807) is 24.3 Å². The Hall–Kier alpha value is -2.87. The van der Waals surface area contributed by atoms with Crippen LogP contribution in [0.1, 0.15) is 5.56 Å². The Balaban J connectivity index is 1.92. The highest BCUT2D eigenvalue weighted by atomic mass is 19.2. The van der Waals surface area contributed by atoms with E-state index < -0.39 is 11.6 Å². The van der Waals surface area contributed by atoms with E-state index in [0.29, 0.717) is 11.3 Å². The molecule has 0 saturated heterocycles. The third-order valence-corrected chi connectivity index (χ3v) is 2.69. The first kappa shape index (κ1) is 14.5. The van der Waals surface area contributed by atoms with E-state index in [0.717, 1.165) is 12.1 Å². The van der Waals surface area contributed by atoms with Gasteiger partial charge in [0.1, 0.15) is 0 Å². The number of hydrogen-bond acceptors (Lipinski definition) is 2. The Morgan fingerprint density at radius 1 is 1.10 bits per heavy atom. The number of carbonyl (C=O) groups is 1. The molecule has 0 fully saturated rings. The zero-order chi connectivity index (χ0) is 15.2. The van der Waals surface area contributed by atoms with Gasteiger partial charge < -0.3 is 10.6 Å². The van der Waals surface area contributed by atoms with Crippen LogP contribution in [0.2, 0.25) is 0 Å². The molecule has 2 aromatic rings. The van der Waals surface area contributed by atoms with Crippen LogP contribution in [0, 0.1) is 24.0 Å². The summed E-state index contributed by atoms with van der Waals surface area (Å²) in [5, 5.41) is 5.35. The van der Waals surface area contributed by atoms with Gasteiger partial charge in [-0.25, -0.2) is 8.78 Å². The molecule has 2 aromatic carbocycles. The molecule has 0 spiro atoms. The van der Waals surface area contributed by atoms with E-state index in [9.17, 15) is 13.6 Å². The lowest BCUT2D eigenvalue weighted by molar-refractivity contribution is -0.114. The molecule has 2 N–H and O–H groups in total. The van der Waals surface area contributed by atoms with Gasteiger partial charge in [0, 0.05) is 23.0 Å². The summed E-state index contributed by atoms with van der Waals surface area (Å²) in [5.41, 5.74) is 1.59. The van der Waals surface area contributed by atoms with Crippen LogP contribution in [0.3, 0.4) is 0 Å². The summed E-state index contributed by atoms with van der Waals surface area (Å²) >= 11 is 0. The third kappa shape index (κ3) is 4.05. The largest absolute Gasteiger partial charge is 0.376 e. The summed E-state index contributed by atoms with van der Waals surface area (Å²) in [6, 6.07) is 10.2. The average molecular weight is 286 g/mol. The van der Waals surface area contributed by atoms with Crippen LogP contribution in [-0.2, 0) is 4.79 Å². The van der Waals surface area contributed by atoms with Gasteiger partial charge in [-0.1, -0.05) is 12.0 Å². The number of halogens is 2. The molecule has 1 amide bonds. The zero-order valence-electron chi connectivity index (χ0n) is 11.0. The van der Waals surface area contributed by atoms with Crippen molar-refractivity contribution in [1.82, 2.24) is 0 Å². The molecule has 0 aliphatic carbocycles. The average Bonchev–Trinajstić information content (AvgIpc) is 2.49. The van der Waals surface area contributed by atoms with Gasteiger partial charge in [-0.15, -0.1) is 6.42 Å². The number of hydrogen-bond donors (Lipinski definition) is 2. The number of anilines is 2. The second kappa shape index (κ2) is 6.53. The van der Waals surface area contributed by atoms with Crippen LogP contribution in [0.4, 0.5) is 20.2 Å². The number of rotatable bonds is 4. The zero-order valence-corrected chi connectivity index (χ0v) is 11.0. The van der Waals surface area contributed by atoms with Crippen molar-refractivity contribution in [3.63, 3.8) is 0 Å². The Morgan fingerprint density at radius 3 is 2.62 bits per heavy atom. The van der Waals surface area contributed by atoms with Crippen LogP contribution in [0.15, 0.2) is 42.5 Å². The van der Waals surface area contributed by atoms with E-state index in [-0.39, 0.29) is 18.1 Å². The van der Waals surface area contributed by atoms with Crippen LogP contribution in [0.25, 0.3) is 0 Å². The predicted octanol–water partition coefficient (Wildman–Crippen LogP) is 3.00. The number of benzene rings is 2. The normalized spacial score (nSPS) is 9.76. The van der Waals surface area contributed by atoms with E-state index in [1.165, 1.54) is 6.07 Å². The lowest BCUT2D eigenvalue weighted by Crippen LogP contribution is -2.21. The summed E-state index contributed by atoms with van der Waals surface area (Å²) in [7, 11) is 0. The maximum Gasteiger partial charge on any atom is 0.243 e. The molecule has 0 aromatic heterocycles. The van der Waals surface area contributed by atoms with Gasteiger partial charge in [0.15, 0.2) is 11.6 Å². The lowest BCUT2D eigenvalue weighted by Gasteiger charge is -2.08. The van der Waals surface area contributed by atoms with E-state index in [1.807, 2.05) is 0 Å². The quantitative estimate of drug-likeness (QED) is 0.848. The number of nitrogens with one attached hydrogen (secondary N) is 2. The fourth-order valence-electron chi connectivity index (χ4n) is 1.68. The first-order valence-electron chi connectivity index (χ1n) is 6.14. The van der Waals surface area contributed by atoms with Crippen LogP contribution in [-0.4, -0.2) is 12.5 Å². The molecular formula is C16H12F2N2O. The second-order valence-corrected chi connectivity index (χ2v) is 4.26. The maximum absolute atomic E-state index is 13.0. The topological polar surface area (TPSA) is 41.1 Å². The van der Waals surface area contributed by atoms with Crippen LogP contribution in [0.5, 0.6) is 0 Å². The molecule has 21 heavy (non-hydrogen) atoms. The van der Waals surface area contributed by atoms with Crippen molar-refractivity contribution in [3.8, 4) is 12.3 Å². The first-order valence-corrected chi connectivity index (χ1v) is 6.14. The molecule has 0 heterocycles.